The van der Waals surface area contributed by atoms with E-state index in [0.717, 1.165) is 0 Å². The third-order valence-electron chi connectivity index (χ3n) is 0.260. The fourth-order valence-corrected chi connectivity index (χ4v) is 0.320. The molecular formula is CH7N2O3P. The van der Waals surface area contributed by atoms with Gasteiger partial charge in [0.1, 0.15) is 6.73 Å². The molecule has 0 fully saturated rings. The van der Waals surface area contributed by atoms with Gasteiger partial charge in [0.25, 0.3) is 0 Å². The van der Waals surface area contributed by atoms with Crippen LogP contribution in [0, 0.1) is 0 Å². The molecule has 0 aliphatic heterocycles. The van der Waals surface area contributed by atoms with Crippen LogP contribution in [-0.4, -0.2) is 11.6 Å². The van der Waals surface area contributed by atoms with Crippen molar-refractivity contribution in [3.8, 4) is 0 Å². The summed E-state index contributed by atoms with van der Waals surface area (Å²) in [4.78, 5) is 8.05. The van der Waals surface area contributed by atoms with Crippen LogP contribution in [-0.2, 0) is 9.09 Å². The molecule has 0 saturated carbocycles. The molecule has 0 aliphatic rings. The molecule has 6 heteroatoms. The summed E-state index contributed by atoms with van der Waals surface area (Å²) in [6.45, 7) is -0.329. The molecule has 5 N–H and O–H groups in total. The second-order valence-corrected chi connectivity index (χ2v) is 2.25. The summed E-state index contributed by atoms with van der Waals surface area (Å²) < 4.78 is 13.7. The minimum Gasteiger partial charge on any atom is -0.313 e. The van der Waals surface area contributed by atoms with Crippen LogP contribution in [0.15, 0.2) is 0 Å². The van der Waals surface area contributed by atoms with E-state index in [4.69, 9.17) is 4.89 Å². The highest BCUT2D eigenvalue weighted by Crippen LogP contribution is 2.29. The van der Waals surface area contributed by atoms with Crippen molar-refractivity contribution in [3.63, 3.8) is 0 Å². The second kappa shape index (κ2) is 2.40. The molecule has 1 atom stereocenters. The van der Waals surface area contributed by atoms with Crippen LogP contribution in [0.4, 0.5) is 0 Å². The molecule has 0 bridgehead atoms. The average molecular weight is 126 g/mol. The van der Waals surface area contributed by atoms with E-state index in [9.17, 15) is 4.57 Å². The molecule has 0 aliphatic carbocycles. The maximum atomic E-state index is 9.85. The van der Waals surface area contributed by atoms with Crippen LogP contribution in [0.2, 0.25) is 0 Å². The van der Waals surface area contributed by atoms with Gasteiger partial charge in [-0.1, -0.05) is 0 Å². The Morgan fingerprint density at radius 1 is 1.86 bits per heavy atom. The van der Waals surface area contributed by atoms with Crippen molar-refractivity contribution < 1.29 is 14.0 Å². The molecule has 0 spiro atoms. The van der Waals surface area contributed by atoms with Crippen LogP contribution >= 0.6 is 7.75 Å². The highest BCUT2D eigenvalue weighted by molar-refractivity contribution is 7.50. The van der Waals surface area contributed by atoms with E-state index >= 15 is 0 Å². The summed E-state index contributed by atoms with van der Waals surface area (Å²) in [5, 5.41) is 0. The first kappa shape index (κ1) is 7.07. The first-order chi connectivity index (χ1) is 3.06. The van der Waals surface area contributed by atoms with Crippen molar-refractivity contribution in [2.75, 3.05) is 6.73 Å². The summed E-state index contributed by atoms with van der Waals surface area (Å²) in [5.41, 5.74) is 9.14. The Hall–Kier alpha value is 0.0700. The van der Waals surface area contributed by atoms with Crippen LogP contribution < -0.4 is 11.2 Å². The summed E-state index contributed by atoms with van der Waals surface area (Å²) in [6, 6.07) is 0. The fourth-order valence-electron chi connectivity index (χ4n) is 0.107. The molecule has 7 heavy (non-hydrogen) atoms. The van der Waals surface area contributed by atoms with Gasteiger partial charge in [0.15, 0.2) is 0 Å². The predicted molar refractivity (Wildman–Crippen MR) is 24.2 cm³/mol. The maximum Gasteiger partial charge on any atom is 0.401 e. The second-order valence-electron chi connectivity index (χ2n) is 0.860. The summed E-state index contributed by atoms with van der Waals surface area (Å²) in [6.07, 6.45) is 0. The molecule has 0 saturated heterocycles. The van der Waals surface area contributed by atoms with Gasteiger partial charge in [0.05, 0.1) is 0 Å². The standard InChI is InChI=1S/CH7N2O3P/c2-1-6-7(3,4)5/h1-2H2,(H3,3,4,5). The number of hydrogen-bond acceptors (Lipinski definition) is 3. The number of hydrogen-bond donors (Lipinski definition) is 3. The van der Waals surface area contributed by atoms with Gasteiger partial charge in [0.2, 0.25) is 0 Å². The van der Waals surface area contributed by atoms with Crippen molar-refractivity contribution >= 4 is 7.75 Å². The number of nitrogens with two attached hydrogens (primary N) is 2. The maximum absolute atomic E-state index is 9.85. The lowest BCUT2D eigenvalue weighted by atomic mass is 11.4. The Bertz CT molecular complexity index is 86.9. The molecule has 0 aromatic heterocycles. The normalized spacial score (nSPS) is 18.7. The molecule has 44 valence electrons. The average Bonchev–Trinajstić information content (AvgIpc) is 1.30. The zero-order valence-corrected chi connectivity index (χ0v) is 4.47. The lowest BCUT2D eigenvalue weighted by Gasteiger charge is -1.99. The monoisotopic (exact) mass is 126 g/mol. The van der Waals surface area contributed by atoms with E-state index < -0.39 is 7.75 Å². The molecule has 0 heterocycles. The number of rotatable bonds is 2. The Morgan fingerprint density at radius 3 is 2.29 bits per heavy atom. The molecule has 0 amide bonds. The van der Waals surface area contributed by atoms with E-state index in [0.29, 0.717) is 0 Å². The zero-order chi connectivity index (χ0) is 5.91. The first-order valence-corrected chi connectivity index (χ1v) is 3.17. The van der Waals surface area contributed by atoms with Crippen molar-refractivity contribution in [2.24, 2.45) is 11.2 Å². The lowest BCUT2D eigenvalue weighted by Crippen LogP contribution is -2.06. The highest BCUT2D eigenvalue weighted by atomic mass is 31.2. The molecule has 0 aromatic rings. The third kappa shape index (κ3) is 6.07. The van der Waals surface area contributed by atoms with Crippen LogP contribution in [0.25, 0.3) is 0 Å². The first-order valence-electron chi connectivity index (χ1n) is 1.52. The molecule has 1 unspecified atom stereocenters. The molecular weight excluding hydrogens is 119 g/mol. The van der Waals surface area contributed by atoms with Gasteiger partial charge >= 0.3 is 7.75 Å². The lowest BCUT2D eigenvalue weighted by molar-refractivity contribution is 0.268. The quantitative estimate of drug-likeness (QED) is 0.325. The van der Waals surface area contributed by atoms with E-state index in [1.807, 2.05) is 0 Å². The zero-order valence-electron chi connectivity index (χ0n) is 3.57. The smallest absolute Gasteiger partial charge is 0.313 e. The van der Waals surface area contributed by atoms with Gasteiger partial charge < -0.3 is 10.6 Å². The summed E-state index contributed by atoms with van der Waals surface area (Å²) in [7, 11) is -3.79. The summed E-state index contributed by atoms with van der Waals surface area (Å²) >= 11 is 0. The van der Waals surface area contributed by atoms with Crippen LogP contribution in [0.1, 0.15) is 0 Å². The third-order valence-corrected chi connectivity index (χ3v) is 0.779. The topological polar surface area (TPSA) is 98.6 Å². The van der Waals surface area contributed by atoms with E-state index in [1.54, 1.807) is 0 Å². The van der Waals surface area contributed by atoms with Crippen molar-refractivity contribution in [2.45, 2.75) is 0 Å². The van der Waals surface area contributed by atoms with Crippen LogP contribution in [0.5, 0.6) is 0 Å². The SMILES string of the molecule is NCOP(N)(=O)O. The van der Waals surface area contributed by atoms with Gasteiger partial charge in [-0.15, -0.1) is 0 Å². The van der Waals surface area contributed by atoms with Gasteiger partial charge in [0, 0.05) is 0 Å². The van der Waals surface area contributed by atoms with E-state index in [-0.39, 0.29) is 6.73 Å². The fraction of sp³-hybridized carbons (Fsp3) is 1.00. The van der Waals surface area contributed by atoms with E-state index in [2.05, 4.69) is 15.8 Å². The van der Waals surface area contributed by atoms with Crippen molar-refractivity contribution in [3.05, 3.63) is 0 Å². The highest BCUT2D eigenvalue weighted by Gasteiger charge is 2.07. The van der Waals surface area contributed by atoms with Crippen molar-refractivity contribution in [1.82, 2.24) is 0 Å². The summed E-state index contributed by atoms with van der Waals surface area (Å²) in [5.74, 6) is 0. The van der Waals surface area contributed by atoms with Crippen LogP contribution in [0.3, 0.4) is 0 Å². The van der Waals surface area contributed by atoms with E-state index in [1.165, 1.54) is 0 Å². The van der Waals surface area contributed by atoms with Gasteiger partial charge in [-0.25, -0.2) is 10.1 Å². The minimum absolute atomic E-state index is 0.329. The van der Waals surface area contributed by atoms with Gasteiger partial charge in [-0.3, -0.25) is 4.52 Å². The molecule has 0 rings (SSSR count). The predicted octanol–water partition coefficient (Wildman–Crippen LogP) is -1.02. The molecule has 5 nitrogen and oxygen atoms in total. The van der Waals surface area contributed by atoms with Gasteiger partial charge in [-0.05, 0) is 0 Å². The molecule has 0 radical (unpaired) electrons. The Balaban J connectivity index is 3.36. The minimum atomic E-state index is -3.79. The molecule has 0 aromatic carbocycles. The largest absolute Gasteiger partial charge is 0.401 e. The Kier molecular flexibility index (Phi) is 2.42. The Morgan fingerprint density at radius 2 is 2.29 bits per heavy atom. The van der Waals surface area contributed by atoms with Gasteiger partial charge in [-0.2, -0.15) is 0 Å². The van der Waals surface area contributed by atoms with Crippen molar-refractivity contribution in [1.29, 1.82) is 0 Å². The Labute approximate surface area is 40.8 Å².